The topological polar surface area (TPSA) is 22.1 Å². The predicted molar refractivity (Wildman–Crippen MR) is 54.3 cm³/mol. The molecule has 1 aliphatic rings. The third-order valence-electron chi connectivity index (χ3n) is 2.35. The van der Waals surface area contributed by atoms with Crippen molar-refractivity contribution in [1.82, 2.24) is 4.98 Å². The number of aryl methyl sites for hydroxylation is 1. The Balaban J connectivity index is 2.03. The lowest BCUT2D eigenvalue weighted by atomic mass is 10.1. The van der Waals surface area contributed by atoms with Gasteiger partial charge in [0.2, 0.25) is 0 Å². The highest BCUT2D eigenvalue weighted by atomic mass is 32.1. The Labute approximate surface area is 83.0 Å². The van der Waals surface area contributed by atoms with Crippen LogP contribution in [0.2, 0.25) is 0 Å². The van der Waals surface area contributed by atoms with Gasteiger partial charge >= 0.3 is 0 Å². The van der Waals surface area contributed by atoms with Crippen LogP contribution in [0.3, 0.4) is 0 Å². The van der Waals surface area contributed by atoms with E-state index in [0.717, 1.165) is 26.1 Å². The first-order valence-corrected chi connectivity index (χ1v) is 5.80. The van der Waals surface area contributed by atoms with Gasteiger partial charge in [-0.2, -0.15) is 0 Å². The molecule has 72 valence electrons. The van der Waals surface area contributed by atoms with Gasteiger partial charge in [0.15, 0.2) is 0 Å². The van der Waals surface area contributed by atoms with Crippen LogP contribution >= 0.6 is 11.3 Å². The van der Waals surface area contributed by atoms with Crippen molar-refractivity contribution in [3.63, 3.8) is 0 Å². The van der Waals surface area contributed by atoms with Gasteiger partial charge in [-0.25, -0.2) is 4.98 Å². The standard InChI is InChI=1S/C10H15NOS/c1-2-3-9-7-13-10(11-9)8-4-5-12-6-8/h7-8H,2-6H2,1H3. The molecule has 0 spiro atoms. The summed E-state index contributed by atoms with van der Waals surface area (Å²) in [4.78, 5) is 4.62. The molecule has 0 radical (unpaired) electrons. The summed E-state index contributed by atoms with van der Waals surface area (Å²) >= 11 is 1.80. The van der Waals surface area contributed by atoms with E-state index in [4.69, 9.17) is 4.74 Å². The molecule has 1 aliphatic heterocycles. The van der Waals surface area contributed by atoms with Crippen LogP contribution in [0.1, 0.15) is 36.4 Å². The molecule has 0 N–H and O–H groups in total. The molecule has 0 bridgehead atoms. The van der Waals surface area contributed by atoms with Crippen molar-refractivity contribution in [2.45, 2.75) is 32.1 Å². The first-order valence-electron chi connectivity index (χ1n) is 4.92. The number of rotatable bonds is 3. The van der Waals surface area contributed by atoms with Gasteiger partial charge in [-0.15, -0.1) is 11.3 Å². The zero-order valence-electron chi connectivity index (χ0n) is 7.95. The average Bonchev–Trinajstić information content (AvgIpc) is 2.70. The number of aromatic nitrogens is 1. The minimum absolute atomic E-state index is 0.579. The van der Waals surface area contributed by atoms with Gasteiger partial charge in [-0.1, -0.05) is 13.3 Å². The van der Waals surface area contributed by atoms with Crippen molar-refractivity contribution in [2.75, 3.05) is 13.2 Å². The van der Waals surface area contributed by atoms with Gasteiger partial charge < -0.3 is 4.74 Å². The number of hydrogen-bond donors (Lipinski definition) is 0. The van der Waals surface area contributed by atoms with Crippen molar-refractivity contribution in [1.29, 1.82) is 0 Å². The quantitative estimate of drug-likeness (QED) is 0.743. The van der Waals surface area contributed by atoms with Gasteiger partial charge in [-0.05, 0) is 12.8 Å². The molecule has 0 aromatic carbocycles. The van der Waals surface area contributed by atoms with E-state index in [1.165, 1.54) is 17.1 Å². The van der Waals surface area contributed by atoms with E-state index in [-0.39, 0.29) is 0 Å². The Kier molecular flexibility index (Phi) is 2.96. The van der Waals surface area contributed by atoms with E-state index in [2.05, 4.69) is 17.3 Å². The summed E-state index contributed by atoms with van der Waals surface area (Å²) in [5.41, 5.74) is 1.26. The lowest BCUT2D eigenvalue weighted by molar-refractivity contribution is 0.194. The molecule has 0 saturated carbocycles. The SMILES string of the molecule is CCCc1csc(C2CCOC2)n1. The molecule has 1 aromatic rings. The molecule has 1 unspecified atom stereocenters. The summed E-state index contributed by atoms with van der Waals surface area (Å²) in [6, 6.07) is 0. The average molecular weight is 197 g/mol. The number of thiazole rings is 1. The van der Waals surface area contributed by atoms with Crippen LogP contribution in [0.15, 0.2) is 5.38 Å². The Morgan fingerprint density at radius 1 is 1.69 bits per heavy atom. The van der Waals surface area contributed by atoms with E-state index in [0.29, 0.717) is 5.92 Å². The zero-order chi connectivity index (χ0) is 9.10. The molecule has 1 atom stereocenters. The first-order chi connectivity index (χ1) is 6.40. The van der Waals surface area contributed by atoms with Crippen LogP contribution in [0.25, 0.3) is 0 Å². The molecule has 13 heavy (non-hydrogen) atoms. The number of ether oxygens (including phenoxy) is 1. The smallest absolute Gasteiger partial charge is 0.0983 e. The minimum atomic E-state index is 0.579. The number of nitrogens with zero attached hydrogens (tertiary/aromatic N) is 1. The normalized spacial score (nSPS) is 22.4. The van der Waals surface area contributed by atoms with E-state index >= 15 is 0 Å². The van der Waals surface area contributed by atoms with Crippen molar-refractivity contribution in [2.24, 2.45) is 0 Å². The molecule has 2 rings (SSSR count). The van der Waals surface area contributed by atoms with Crippen LogP contribution in [0, 0.1) is 0 Å². The summed E-state index contributed by atoms with van der Waals surface area (Å²) in [5, 5.41) is 3.47. The highest BCUT2D eigenvalue weighted by molar-refractivity contribution is 7.09. The van der Waals surface area contributed by atoms with Crippen LogP contribution in [0.4, 0.5) is 0 Å². The van der Waals surface area contributed by atoms with Gasteiger partial charge in [-0.3, -0.25) is 0 Å². The molecule has 3 heteroatoms. The predicted octanol–water partition coefficient (Wildman–Crippen LogP) is 2.60. The lowest BCUT2D eigenvalue weighted by Crippen LogP contribution is -1.97. The highest BCUT2D eigenvalue weighted by Crippen LogP contribution is 2.27. The summed E-state index contributed by atoms with van der Waals surface area (Å²) in [7, 11) is 0. The Hall–Kier alpha value is -0.410. The highest BCUT2D eigenvalue weighted by Gasteiger charge is 2.20. The fourth-order valence-electron chi connectivity index (χ4n) is 1.61. The van der Waals surface area contributed by atoms with E-state index < -0.39 is 0 Å². The van der Waals surface area contributed by atoms with Gasteiger partial charge in [0.05, 0.1) is 17.3 Å². The molecule has 0 amide bonds. The summed E-state index contributed by atoms with van der Waals surface area (Å²) in [6.45, 7) is 3.98. The maximum Gasteiger partial charge on any atom is 0.0983 e. The first kappa shape index (κ1) is 9.16. The summed E-state index contributed by atoms with van der Waals surface area (Å²) in [5.74, 6) is 0.579. The largest absolute Gasteiger partial charge is 0.381 e. The van der Waals surface area contributed by atoms with Crippen molar-refractivity contribution < 1.29 is 4.74 Å². The maximum absolute atomic E-state index is 5.35. The van der Waals surface area contributed by atoms with Crippen molar-refractivity contribution in [3.8, 4) is 0 Å². The lowest BCUT2D eigenvalue weighted by Gasteiger charge is -2.00. The molecule has 1 saturated heterocycles. The third kappa shape index (κ3) is 2.09. The fourth-order valence-corrected chi connectivity index (χ4v) is 2.59. The molecule has 0 aliphatic carbocycles. The van der Waals surface area contributed by atoms with Crippen LogP contribution in [0.5, 0.6) is 0 Å². The van der Waals surface area contributed by atoms with E-state index in [9.17, 15) is 0 Å². The zero-order valence-corrected chi connectivity index (χ0v) is 8.77. The molecular weight excluding hydrogens is 182 g/mol. The van der Waals surface area contributed by atoms with Crippen LogP contribution in [-0.2, 0) is 11.2 Å². The Morgan fingerprint density at radius 3 is 3.31 bits per heavy atom. The number of hydrogen-bond acceptors (Lipinski definition) is 3. The van der Waals surface area contributed by atoms with Crippen molar-refractivity contribution in [3.05, 3.63) is 16.1 Å². The van der Waals surface area contributed by atoms with Gasteiger partial charge in [0.25, 0.3) is 0 Å². The fraction of sp³-hybridized carbons (Fsp3) is 0.700. The second-order valence-corrected chi connectivity index (χ2v) is 4.38. The summed E-state index contributed by atoms with van der Waals surface area (Å²) < 4.78 is 5.35. The Bertz CT molecular complexity index is 266. The minimum Gasteiger partial charge on any atom is -0.381 e. The maximum atomic E-state index is 5.35. The van der Waals surface area contributed by atoms with Crippen LogP contribution in [-0.4, -0.2) is 18.2 Å². The molecule has 1 aromatic heterocycles. The second kappa shape index (κ2) is 4.20. The molecular formula is C10H15NOS. The van der Waals surface area contributed by atoms with E-state index in [1.807, 2.05) is 0 Å². The van der Waals surface area contributed by atoms with Gasteiger partial charge in [0.1, 0.15) is 0 Å². The van der Waals surface area contributed by atoms with Gasteiger partial charge in [0, 0.05) is 17.9 Å². The second-order valence-electron chi connectivity index (χ2n) is 3.49. The molecule has 1 fully saturated rings. The van der Waals surface area contributed by atoms with E-state index in [1.54, 1.807) is 11.3 Å². The monoisotopic (exact) mass is 197 g/mol. The Morgan fingerprint density at radius 2 is 2.62 bits per heavy atom. The third-order valence-corrected chi connectivity index (χ3v) is 3.41. The summed E-state index contributed by atoms with van der Waals surface area (Å²) in [6.07, 6.45) is 3.45. The molecule has 2 heterocycles. The van der Waals surface area contributed by atoms with Crippen molar-refractivity contribution >= 4 is 11.3 Å². The molecule has 2 nitrogen and oxygen atoms in total. The van der Waals surface area contributed by atoms with Crippen LogP contribution < -0.4 is 0 Å².